The quantitative estimate of drug-likeness (QED) is 0.101. The number of pyridine rings is 2. The Morgan fingerprint density at radius 2 is 0.617 bits per heavy atom. The van der Waals surface area contributed by atoms with Crippen LogP contribution in [0.2, 0.25) is 0 Å². The summed E-state index contributed by atoms with van der Waals surface area (Å²) in [6, 6.07) is 97.2. The summed E-state index contributed by atoms with van der Waals surface area (Å²) in [6.45, 7) is 2.06. The number of aryl methyl sites for hydroxylation is 1. The Morgan fingerprint density at radius 1 is 0.309 bits per heavy atom. The van der Waals surface area contributed by atoms with E-state index in [0.29, 0.717) is 22.3 Å². The largest absolute Gasteiger partial charge is 0.534 e. The molecule has 0 aliphatic heterocycles. The average molecular weight is 1090 g/mol. The van der Waals surface area contributed by atoms with Crippen molar-refractivity contribution in [1.29, 1.82) is 0 Å². The molecule has 0 bridgehead atoms. The van der Waals surface area contributed by atoms with Gasteiger partial charge in [-0.1, -0.05) is 273 Å². The first-order chi connectivity index (χ1) is 39.5. The van der Waals surface area contributed by atoms with Crippen LogP contribution in [0.5, 0.6) is 5.75 Å². The predicted molar refractivity (Wildman–Crippen MR) is 325 cm³/mol. The van der Waals surface area contributed by atoms with Gasteiger partial charge in [0.05, 0.1) is 11.4 Å². The van der Waals surface area contributed by atoms with Gasteiger partial charge in [-0.05, 0) is 98.5 Å². The third-order valence-corrected chi connectivity index (χ3v) is 13.9. The first kappa shape index (κ1) is 55.8. The molecule has 0 spiro atoms. The van der Waals surface area contributed by atoms with Gasteiger partial charge in [-0.15, -0.1) is 0 Å². The zero-order valence-corrected chi connectivity index (χ0v) is 45.0. The highest BCUT2D eigenvalue weighted by Gasteiger charge is 2.48. The Bertz CT molecular complexity index is 3850. The highest BCUT2D eigenvalue weighted by molar-refractivity contribution is 7.88. The van der Waals surface area contributed by atoms with Crippen molar-refractivity contribution in [3.63, 3.8) is 0 Å². The first-order valence-electron chi connectivity index (χ1n) is 26.1. The van der Waals surface area contributed by atoms with E-state index in [9.17, 15) is 21.6 Å². The number of hydrogen-bond donors (Lipinski definition) is 0. The lowest BCUT2D eigenvalue weighted by Gasteiger charge is -2.18. The SMILES string of the molecule is Cc1cc(-c2ccc(-c3ccccc3-c3cc(OS(=O)(=O)C(F)(F)F)cc(-c4ccccc4-c4cnc(-c5ccccc5)cc4-c4ccccc4)c3)cc2)ncc1-c1ccccc1.c1ccccc1.c1ccccc1.c1ccccc1. The minimum atomic E-state index is -6.02. The molecule has 0 amide bonds. The van der Waals surface area contributed by atoms with Crippen LogP contribution in [0.4, 0.5) is 13.2 Å². The molecule has 0 aliphatic rings. The topological polar surface area (TPSA) is 69.2 Å². The van der Waals surface area contributed by atoms with Crippen molar-refractivity contribution in [1.82, 2.24) is 9.97 Å². The predicted octanol–water partition coefficient (Wildman–Crippen LogP) is 19.4. The third-order valence-electron chi connectivity index (χ3n) is 12.9. The van der Waals surface area contributed by atoms with E-state index in [1.165, 1.54) is 12.1 Å². The maximum atomic E-state index is 13.8. The highest BCUT2D eigenvalue weighted by atomic mass is 32.2. The number of hydrogen-bond acceptors (Lipinski definition) is 5. The van der Waals surface area contributed by atoms with Crippen LogP contribution >= 0.6 is 0 Å². The standard InChI is InChI=1S/C54H37F3N2O3S.3C6H6/c1-36-29-52(58-34-50(36)38-17-7-3-8-18-38)41-27-25-39(26-28-41)45-21-11-12-22-46(45)42-30-43(32-44(31-42)62-63(60,61)54(55,56)57)47-23-13-14-24-48(47)51-35-59-53(40-19-9-4-10-20-40)33-49(51)37-15-5-2-6-16-37;3*1-2-4-6-5-3-1/h2-35H,1H3;3*1-6H. The van der Waals surface area contributed by atoms with Crippen LogP contribution in [-0.4, -0.2) is 23.9 Å². The van der Waals surface area contributed by atoms with Gasteiger partial charge in [0.25, 0.3) is 0 Å². The van der Waals surface area contributed by atoms with E-state index in [1.807, 2.05) is 279 Å². The zero-order valence-electron chi connectivity index (χ0n) is 44.2. The molecule has 0 aliphatic carbocycles. The molecule has 10 aromatic carbocycles. The molecule has 2 aromatic heterocycles. The van der Waals surface area contributed by atoms with Crippen LogP contribution in [0.1, 0.15) is 5.56 Å². The number of nitrogens with zero attached hydrogens (tertiary/aromatic N) is 2. The van der Waals surface area contributed by atoms with Crippen LogP contribution in [0.25, 0.3) is 89.3 Å². The number of halogens is 3. The summed E-state index contributed by atoms with van der Waals surface area (Å²) < 4.78 is 71.5. The van der Waals surface area contributed by atoms with E-state index in [2.05, 4.69) is 25.1 Å². The molecule has 398 valence electrons. The van der Waals surface area contributed by atoms with Gasteiger partial charge in [0.15, 0.2) is 0 Å². The lowest BCUT2D eigenvalue weighted by atomic mass is 9.88. The average Bonchev–Trinajstić information content (AvgIpc) is 3.54. The number of rotatable bonds is 10. The second-order valence-electron chi connectivity index (χ2n) is 18.5. The smallest absolute Gasteiger partial charge is 0.376 e. The minimum Gasteiger partial charge on any atom is -0.376 e. The monoisotopic (exact) mass is 1080 g/mol. The van der Waals surface area contributed by atoms with E-state index >= 15 is 0 Å². The van der Waals surface area contributed by atoms with Gasteiger partial charge in [-0.3, -0.25) is 9.97 Å². The highest BCUT2D eigenvalue weighted by Crippen LogP contribution is 2.43. The normalized spacial score (nSPS) is 10.8. The lowest BCUT2D eigenvalue weighted by Crippen LogP contribution is -2.28. The molecule has 0 atom stereocenters. The van der Waals surface area contributed by atoms with Gasteiger partial charge < -0.3 is 4.18 Å². The fraction of sp³-hybridized carbons (Fsp3) is 0.0278. The van der Waals surface area contributed by atoms with Gasteiger partial charge in [-0.2, -0.15) is 21.6 Å². The summed E-state index contributed by atoms with van der Waals surface area (Å²) in [6.07, 6.45) is 3.68. The lowest BCUT2D eigenvalue weighted by molar-refractivity contribution is -0.0500. The van der Waals surface area contributed by atoms with Crippen LogP contribution in [0.15, 0.2) is 316 Å². The van der Waals surface area contributed by atoms with Crippen LogP contribution in [0.3, 0.4) is 0 Å². The molecule has 0 N–H and O–H groups in total. The second kappa shape index (κ2) is 27.1. The van der Waals surface area contributed by atoms with E-state index in [1.54, 1.807) is 6.20 Å². The van der Waals surface area contributed by atoms with Crippen molar-refractivity contribution in [2.24, 2.45) is 0 Å². The summed E-state index contributed by atoms with van der Waals surface area (Å²) in [5.41, 5.74) is 8.10. The molecule has 12 rings (SSSR count). The summed E-state index contributed by atoms with van der Waals surface area (Å²) >= 11 is 0. The first-order valence-corrected chi connectivity index (χ1v) is 27.5. The molecule has 2 heterocycles. The molecule has 0 unspecified atom stereocenters. The number of aromatic nitrogens is 2. The van der Waals surface area contributed by atoms with Gasteiger partial charge in [0.2, 0.25) is 0 Å². The maximum Gasteiger partial charge on any atom is 0.534 e. The molecule has 0 saturated heterocycles. The Balaban J connectivity index is 0.000000372. The van der Waals surface area contributed by atoms with Gasteiger partial charge >= 0.3 is 15.6 Å². The molecular weight excluding hydrogens is 1030 g/mol. The van der Waals surface area contributed by atoms with E-state index in [4.69, 9.17) is 14.2 Å². The van der Waals surface area contributed by atoms with E-state index in [-0.39, 0.29) is 0 Å². The van der Waals surface area contributed by atoms with Crippen LogP contribution in [-0.2, 0) is 10.1 Å². The number of benzene rings is 10. The van der Waals surface area contributed by atoms with Crippen molar-refractivity contribution >= 4 is 10.1 Å². The fourth-order valence-electron chi connectivity index (χ4n) is 8.99. The van der Waals surface area contributed by atoms with Crippen LogP contribution < -0.4 is 4.18 Å². The van der Waals surface area contributed by atoms with Crippen molar-refractivity contribution in [3.8, 4) is 95.0 Å². The van der Waals surface area contributed by atoms with E-state index in [0.717, 1.165) is 72.6 Å². The molecular formula is C72H55F3N2O3S. The molecule has 9 heteroatoms. The molecule has 0 radical (unpaired) electrons. The Kier molecular flexibility index (Phi) is 18.6. The summed E-state index contributed by atoms with van der Waals surface area (Å²) in [7, 11) is -6.02. The summed E-state index contributed by atoms with van der Waals surface area (Å²) in [5.74, 6) is -0.485. The zero-order chi connectivity index (χ0) is 56.3. The molecule has 81 heavy (non-hydrogen) atoms. The summed E-state index contributed by atoms with van der Waals surface area (Å²) in [4.78, 5) is 9.63. The van der Waals surface area contributed by atoms with E-state index < -0.39 is 21.4 Å². The Morgan fingerprint density at radius 3 is 1.05 bits per heavy atom. The van der Waals surface area contributed by atoms with Crippen molar-refractivity contribution in [2.75, 3.05) is 0 Å². The molecule has 5 nitrogen and oxygen atoms in total. The van der Waals surface area contributed by atoms with Crippen LogP contribution in [0, 0.1) is 6.92 Å². The molecule has 0 saturated carbocycles. The minimum absolute atomic E-state index is 0.437. The summed E-state index contributed by atoms with van der Waals surface area (Å²) in [5, 5.41) is 0. The van der Waals surface area contributed by atoms with Crippen molar-refractivity contribution in [3.05, 3.63) is 321 Å². The maximum absolute atomic E-state index is 13.8. The van der Waals surface area contributed by atoms with Gasteiger partial charge in [0, 0.05) is 34.6 Å². The third kappa shape index (κ3) is 14.8. The Labute approximate surface area is 472 Å². The molecule has 12 aromatic rings. The van der Waals surface area contributed by atoms with Crippen molar-refractivity contribution < 1.29 is 25.8 Å². The molecule has 0 fully saturated rings. The van der Waals surface area contributed by atoms with Gasteiger partial charge in [0.1, 0.15) is 5.75 Å². The Hall–Kier alpha value is -9.96. The second-order valence-corrected chi connectivity index (χ2v) is 20.0. The van der Waals surface area contributed by atoms with Gasteiger partial charge in [-0.25, -0.2) is 0 Å². The fourth-order valence-corrected chi connectivity index (χ4v) is 9.43. The van der Waals surface area contributed by atoms with Crippen molar-refractivity contribution in [2.45, 2.75) is 12.4 Å². The number of alkyl halides is 3.